The maximum absolute atomic E-state index is 13.2. The topological polar surface area (TPSA) is 115 Å². The van der Waals surface area contributed by atoms with Crippen LogP contribution in [-0.2, 0) is 11.3 Å². The molecule has 3 aromatic heterocycles. The molecule has 10 nitrogen and oxygen atoms in total. The lowest BCUT2D eigenvalue weighted by Crippen LogP contribution is -2.50. The number of ether oxygens (including phenoxy) is 1. The van der Waals surface area contributed by atoms with Crippen LogP contribution in [0.25, 0.3) is 16.7 Å². The summed E-state index contributed by atoms with van der Waals surface area (Å²) in [7, 11) is 0. The Morgan fingerprint density at radius 2 is 1.84 bits per heavy atom. The van der Waals surface area contributed by atoms with Crippen molar-refractivity contribution in [3.05, 3.63) is 70.5 Å². The quantitative estimate of drug-likeness (QED) is 0.415. The van der Waals surface area contributed by atoms with E-state index in [0.717, 1.165) is 12.8 Å². The number of hydrogen-bond donors (Lipinski definition) is 1. The minimum Gasteiger partial charge on any atom is -0.439 e. The summed E-state index contributed by atoms with van der Waals surface area (Å²) in [5, 5.41) is 16.4. The molecule has 11 heteroatoms. The van der Waals surface area contributed by atoms with Gasteiger partial charge in [-0.3, -0.25) is 14.2 Å². The van der Waals surface area contributed by atoms with E-state index < -0.39 is 5.60 Å². The minimum absolute atomic E-state index is 0.121. The third-order valence-electron chi connectivity index (χ3n) is 6.96. The van der Waals surface area contributed by atoms with Crippen molar-refractivity contribution < 1.29 is 14.6 Å². The minimum atomic E-state index is -1.07. The van der Waals surface area contributed by atoms with Gasteiger partial charge in [0.1, 0.15) is 17.5 Å². The van der Waals surface area contributed by atoms with E-state index in [1.807, 2.05) is 17.0 Å². The highest BCUT2D eigenvalue weighted by Crippen LogP contribution is 2.33. The van der Waals surface area contributed by atoms with E-state index in [-0.39, 0.29) is 23.9 Å². The predicted octanol–water partition coefficient (Wildman–Crippen LogP) is 3.19. The normalized spacial score (nSPS) is 17.2. The maximum atomic E-state index is 13.2. The summed E-state index contributed by atoms with van der Waals surface area (Å²) in [6.45, 7) is 1.13. The van der Waals surface area contributed by atoms with Gasteiger partial charge in [-0.2, -0.15) is 5.10 Å². The maximum Gasteiger partial charge on any atom is 0.264 e. The summed E-state index contributed by atoms with van der Waals surface area (Å²) < 4.78 is 8.75. The first-order valence-corrected chi connectivity index (χ1v) is 12.6. The molecule has 1 amide bonds. The number of benzene rings is 1. The third-order valence-corrected chi connectivity index (χ3v) is 7.18. The van der Waals surface area contributed by atoms with Crippen molar-refractivity contribution in [1.82, 2.24) is 29.2 Å². The molecule has 1 aromatic carbocycles. The van der Waals surface area contributed by atoms with Crippen molar-refractivity contribution in [2.45, 2.75) is 37.8 Å². The molecule has 1 aliphatic heterocycles. The molecular weight excluding hydrogens is 496 g/mol. The lowest BCUT2D eigenvalue weighted by atomic mass is 9.91. The number of likely N-dealkylation sites (tertiary alicyclic amines) is 1. The van der Waals surface area contributed by atoms with E-state index in [4.69, 9.17) is 16.3 Å². The Balaban J connectivity index is 1.17. The molecule has 4 aromatic rings. The van der Waals surface area contributed by atoms with Gasteiger partial charge >= 0.3 is 0 Å². The van der Waals surface area contributed by atoms with Crippen LogP contribution in [0.4, 0.5) is 0 Å². The molecule has 1 saturated heterocycles. The molecule has 2 fully saturated rings. The first-order chi connectivity index (χ1) is 17.9. The van der Waals surface area contributed by atoms with Crippen molar-refractivity contribution in [2.75, 3.05) is 13.1 Å². The summed E-state index contributed by atoms with van der Waals surface area (Å²) in [5.41, 5.74) is -0.201. The molecule has 2 aliphatic rings. The highest BCUT2D eigenvalue weighted by atomic mass is 35.5. The fourth-order valence-electron chi connectivity index (χ4n) is 4.66. The summed E-state index contributed by atoms with van der Waals surface area (Å²) in [5.74, 6) is 1.37. The van der Waals surface area contributed by atoms with Crippen LogP contribution >= 0.6 is 11.6 Å². The molecule has 1 aliphatic carbocycles. The van der Waals surface area contributed by atoms with Gasteiger partial charge in [0.05, 0.1) is 29.1 Å². The number of hydrogen-bond acceptors (Lipinski definition) is 7. The van der Waals surface area contributed by atoms with E-state index in [0.29, 0.717) is 59.3 Å². The second-order valence-corrected chi connectivity index (χ2v) is 10.1. The molecule has 4 heterocycles. The average molecular weight is 521 g/mol. The number of piperidine rings is 1. The molecule has 1 N–H and O–H groups in total. The van der Waals surface area contributed by atoms with E-state index in [2.05, 4.69) is 15.1 Å². The number of carbonyl (C=O) groups is 1. The van der Waals surface area contributed by atoms with Crippen LogP contribution in [-0.4, -0.2) is 58.9 Å². The molecule has 0 atom stereocenters. The van der Waals surface area contributed by atoms with Crippen molar-refractivity contribution >= 4 is 28.5 Å². The number of amides is 1. The molecule has 1 saturated carbocycles. The lowest BCUT2D eigenvalue weighted by Gasteiger charge is -2.38. The van der Waals surface area contributed by atoms with Gasteiger partial charge in [-0.15, -0.1) is 0 Å². The first kappa shape index (κ1) is 23.6. The predicted molar refractivity (Wildman–Crippen MR) is 136 cm³/mol. The number of rotatable bonds is 6. The zero-order chi connectivity index (χ0) is 25.6. The Morgan fingerprint density at radius 1 is 1.08 bits per heavy atom. The molecule has 37 heavy (non-hydrogen) atoms. The summed E-state index contributed by atoms with van der Waals surface area (Å²) in [4.78, 5) is 36.0. The fourth-order valence-corrected chi connectivity index (χ4v) is 4.77. The standard InChI is InChI=1S/C26H25ClN6O4/c27-18-3-8-22(28-13-18)37-20-6-4-19(5-7-20)33-23-21(14-30-33)25(35)32(16-29-23)15-26(36)9-11-31(12-10-26)24(34)17-1-2-17/h3-8,13-14,16-17,36H,1-2,9-12,15H2. The van der Waals surface area contributed by atoms with Gasteiger partial charge in [0.25, 0.3) is 5.56 Å². The van der Waals surface area contributed by atoms with Crippen LogP contribution < -0.4 is 10.3 Å². The van der Waals surface area contributed by atoms with Gasteiger partial charge in [0.2, 0.25) is 11.8 Å². The third kappa shape index (κ3) is 4.82. The molecular formula is C26H25ClN6O4. The van der Waals surface area contributed by atoms with E-state index in [9.17, 15) is 14.7 Å². The fraction of sp³-hybridized carbons (Fsp3) is 0.346. The van der Waals surface area contributed by atoms with Crippen LogP contribution in [0.3, 0.4) is 0 Å². The van der Waals surface area contributed by atoms with Crippen molar-refractivity contribution in [2.24, 2.45) is 5.92 Å². The zero-order valence-corrected chi connectivity index (χ0v) is 20.7. The van der Waals surface area contributed by atoms with Gasteiger partial charge in [-0.05, 0) is 56.0 Å². The van der Waals surface area contributed by atoms with Crippen LogP contribution in [0.2, 0.25) is 5.02 Å². The van der Waals surface area contributed by atoms with Crippen LogP contribution in [0.5, 0.6) is 11.6 Å². The molecule has 190 valence electrons. The number of fused-ring (bicyclic) bond motifs is 1. The van der Waals surface area contributed by atoms with Crippen LogP contribution in [0, 0.1) is 5.92 Å². The van der Waals surface area contributed by atoms with Crippen molar-refractivity contribution in [3.63, 3.8) is 0 Å². The highest BCUT2D eigenvalue weighted by molar-refractivity contribution is 6.30. The Hall–Kier alpha value is -3.76. The van der Waals surface area contributed by atoms with Crippen LogP contribution in [0.15, 0.2) is 59.9 Å². The molecule has 0 radical (unpaired) electrons. The Morgan fingerprint density at radius 3 is 2.51 bits per heavy atom. The first-order valence-electron chi connectivity index (χ1n) is 12.2. The smallest absolute Gasteiger partial charge is 0.264 e. The summed E-state index contributed by atoms with van der Waals surface area (Å²) in [6.07, 6.45) is 7.23. The largest absolute Gasteiger partial charge is 0.439 e. The molecule has 6 rings (SSSR count). The van der Waals surface area contributed by atoms with Gasteiger partial charge in [-0.25, -0.2) is 14.6 Å². The number of aromatic nitrogens is 5. The SMILES string of the molecule is O=C(C1CC1)N1CCC(O)(Cn2cnc3c(cnn3-c3ccc(Oc4ccc(Cl)cn4)cc3)c2=O)CC1. The van der Waals surface area contributed by atoms with Gasteiger partial charge in [0, 0.05) is 31.3 Å². The number of nitrogens with zero attached hydrogens (tertiary/aromatic N) is 6. The summed E-state index contributed by atoms with van der Waals surface area (Å²) >= 11 is 5.86. The summed E-state index contributed by atoms with van der Waals surface area (Å²) in [6, 6.07) is 10.5. The second kappa shape index (κ2) is 9.28. The van der Waals surface area contributed by atoms with Gasteiger partial charge in [-0.1, -0.05) is 11.6 Å². The highest BCUT2D eigenvalue weighted by Gasteiger charge is 2.39. The molecule has 0 bridgehead atoms. The molecule has 0 spiro atoms. The van der Waals surface area contributed by atoms with Crippen LogP contribution in [0.1, 0.15) is 25.7 Å². The van der Waals surface area contributed by atoms with Gasteiger partial charge < -0.3 is 14.7 Å². The molecule has 0 unspecified atom stereocenters. The van der Waals surface area contributed by atoms with E-state index in [1.165, 1.54) is 23.3 Å². The Labute approximate surface area is 217 Å². The van der Waals surface area contributed by atoms with E-state index in [1.54, 1.807) is 28.9 Å². The second-order valence-electron chi connectivity index (χ2n) is 9.71. The van der Waals surface area contributed by atoms with E-state index >= 15 is 0 Å². The average Bonchev–Trinajstić information content (AvgIpc) is 3.67. The van der Waals surface area contributed by atoms with Crippen molar-refractivity contribution in [3.8, 4) is 17.3 Å². The Bertz CT molecular complexity index is 1500. The monoisotopic (exact) mass is 520 g/mol. The van der Waals surface area contributed by atoms with Gasteiger partial charge in [0.15, 0.2) is 5.65 Å². The van der Waals surface area contributed by atoms with Crippen molar-refractivity contribution in [1.29, 1.82) is 0 Å². The Kier molecular flexibility index (Phi) is 5.92. The number of carbonyl (C=O) groups excluding carboxylic acids is 1. The number of halogens is 1. The zero-order valence-electron chi connectivity index (χ0n) is 20.0. The lowest BCUT2D eigenvalue weighted by molar-refractivity contribution is -0.137. The number of pyridine rings is 1. The number of aliphatic hydroxyl groups is 1.